The van der Waals surface area contributed by atoms with Gasteiger partial charge in [0.1, 0.15) is 11.8 Å². The third-order valence-corrected chi connectivity index (χ3v) is 6.48. The van der Waals surface area contributed by atoms with Crippen LogP contribution < -0.4 is 15.4 Å². The van der Waals surface area contributed by atoms with E-state index >= 15 is 0 Å². The minimum atomic E-state index is -0.902. The molecule has 37 heavy (non-hydrogen) atoms. The maximum atomic E-state index is 13.6. The molecule has 0 aliphatic rings. The van der Waals surface area contributed by atoms with Crippen molar-refractivity contribution in [3.8, 4) is 5.75 Å². The molecule has 3 rings (SSSR count). The van der Waals surface area contributed by atoms with E-state index in [2.05, 4.69) is 10.6 Å². The first kappa shape index (κ1) is 27.9. The Kier molecular flexibility index (Phi) is 11.1. The van der Waals surface area contributed by atoms with Gasteiger partial charge >= 0.3 is 0 Å². The molecule has 0 saturated heterocycles. The Morgan fingerprint density at radius 3 is 2.38 bits per heavy atom. The van der Waals surface area contributed by atoms with Crippen molar-refractivity contribution in [3.63, 3.8) is 0 Å². The number of rotatable bonds is 14. The minimum Gasteiger partial charge on any atom is -0.497 e. The van der Waals surface area contributed by atoms with Gasteiger partial charge in [0, 0.05) is 30.2 Å². The Hall–Kier alpha value is -3.69. The highest BCUT2D eigenvalue weighted by Gasteiger charge is 2.32. The number of benzene rings is 2. The van der Waals surface area contributed by atoms with E-state index < -0.39 is 6.04 Å². The highest BCUT2D eigenvalue weighted by atomic mass is 32.1. The summed E-state index contributed by atoms with van der Waals surface area (Å²) in [6.07, 6.45) is 0.654. The maximum Gasteiger partial charge on any atom is 0.251 e. The Morgan fingerprint density at radius 2 is 1.73 bits per heavy atom. The summed E-state index contributed by atoms with van der Waals surface area (Å²) in [6.45, 7) is 3.46. The second-order valence-corrected chi connectivity index (χ2v) is 9.20. The highest BCUT2D eigenvalue weighted by Crippen LogP contribution is 2.27. The molecule has 1 atom stereocenters. The highest BCUT2D eigenvalue weighted by molar-refractivity contribution is 7.09. The first-order chi connectivity index (χ1) is 18.0. The molecule has 1 heterocycles. The van der Waals surface area contributed by atoms with Gasteiger partial charge in [-0.3, -0.25) is 14.4 Å². The predicted molar refractivity (Wildman–Crippen MR) is 143 cm³/mol. The van der Waals surface area contributed by atoms with Crippen LogP contribution >= 0.6 is 11.3 Å². The van der Waals surface area contributed by atoms with Gasteiger partial charge in [-0.15, -0.1) is 11.3 Å². The molecular formula is C28H33N3O5S. The number of carbonyl (C=O) groups is 3. The summed E-state index contributed by atoms with van der Waals surface area (Å²) in [6, 6.07) is 18.7. The number of nitrogens with zero attached hydrogens (tertiary/aromatic N) is 1. The van der Waals surface area contributed by atoms with Crippen LogP contribution in [0.3, 0.4) is 0 Å². The lowest BCUT2D eigenvalue weighted by molar-refractivity contribution is -0.140. The van der Waals surface area contributed by atoms with Crippen LogP contribution in [0.5, 0.6) is 5.75 Å². The molecule has 8 nitrogen and oxygen atoms in total. The van der Waals surface area contributed by atoms with E-state index in [1.54, 1.807) is 55.6 Å². The second kappa shape index (κ2) is 14.8. The van der Waals surface area contributed by atoms with E-state index in [0.29, 0.717) is 43.1 Å². The number of ether oxygens (including phenoxy) is 2. The van der Waals surface area contributed by atoms with Crippen LogP contribution in [0.1, 0.15) is 40.2 Å². The molecule has 0 unspecified atom stereocenters. The zero-order valence-electron chi connectivity index (χ0n) is 21.1. The first-order valence-corrected chi connectivity index (χ1v) is 13.1. The molecule has 0 fully saturated rings. The van der Waals surface area contributed by atoms with Gasteiger partial charge in [-0.25, -0.2) is 0 Å². The zero-order valence-corrected chi connectivity index (χ0v) is 22.0. The molecule has 0 bridgehead atoms. The number of carbonyl (C=O) groups excluding carboxylic acids is 3. The fourth-order valence-corrected chi connectivity index (χ4v) is 4.43. The van der Waals surface area contributed by atoms with E-state index in [4.69, 9.17) is 9.47 Å². The Labute approximate surface area is 221 Å². The van der Waals surface area contributed by atoms with Gasteiger partial charge in [-0.05, 0) is 54.6 Å². The van der Waals surface area contributed by atoms with E-state index in [1.807, 2.05) is 30.5 Å². The molecule has 2 N–H and O–H groups in total. The van der Waals surface area contributed by atoms with Crippen LogP contribution in [-0.4, -0.2) is 56.0 Å². The largest absolute Gasteiger partial charge is 0.497 e. The zero-order chi connectivity index (χ0) is 26.5. The van der Waals surface area contributed by atoms with Gasteiger partial charge in [0.25, 0.3) is 5.91 Å². The molecule has 2 aromatic carbocycles. The van der Waals surface area contributed by atoms with Crippen molar-refractivity contribution in [2.24, 2.45) is 0 Å². The molecule has 9 heteroatoms. The minimum absolute atomic E-state index is 0.223. The number of methoxy groups -OCH3 is 1. The summed E-state index contributed by atoms with van der Waals surface area (Å²) >= 11 is 1.50. The lowest BCUT2D eigenvalue weighted by atomic mass is 10.0. The topological polar surface area (TPSA) is 97.0 Å². The number of amides is 3. The van der Waals surface area contributed by atoms with Crippen molar-refractivity contribution in [2.75, 3.05) is 33.4 Å². The van der Waals surface area contributed by atoms with Crippen LogP contribution in [0, 0.1) is 0 Å². The van der Waals surface area contributed by atoms with Gasteiger partial charge in [0.15, 0.2) is 0 Å². The van der Waals surface area contributed by atoms with Gasteiger partial charge in [-0.1, -0.05) is 36.4 Å². The van der Waals surface area contributed by atoms with Crippen molar-refractivity contribution < 1.29 is 23.9 Å². The van der Waals surface area contributed by atoms with Gasteiger partial charge < -0.3 is 25.0 Å². The van der Waals surface area contributed by atoms with Crippen molar-refractivity contribution in [3.05, 3.63) is 88.1 Å². The lowest BCUT2D eigenvalue weighted by Gasteiger charge is -2.31. The Bertz CT molecular complexity index is 1120. The lowest BCUT2D eigenvalue weighted by Crippen LogP contribution is -2.47. The molecule has 0 spiro atoms. The smallest absolute Gasteiger partial charge is 0.251 e. The third-order valence-electron chi connectivity index (χ3n) is 5.62. The molecule has 0 aliphatic carbocycles. The van der Waals surface area contributed by atoms with E-state index in [-0.39, 0.29) is 30.8 Å². The summed E-state index contributed by atoms with van der Waals surface area (Å²) < 4.78 is 10.6. The van der Waals surface area contributed by atoms with Crippen LogP contribution in [0.2, 0.25) is 0 Å². The standard InChI is InChI=1S/C28H33N3O5S/c1-3-36-17-8-16-29-28(34)26(21-12-14-23(35-2)15-13-21)31(20-24-11-7-18-37-24)25(32)19-30-27(33)22-9-5-4-6-10-22/h4-7,9-15,18,26H,3,8,16-17,19-20H2,1-2H3,(H,29,34)(H,30,33)/t26-/m0/s1. The van der Waals surface area contributed by atoms with Crippen molar-refractivity contribution in [2.45, 2.75) is 25.9 Å². The summed E-state index contributed by atoms with van der Waals surface area (Å²) in [5, 5.41) is 7.56. The van der Waals surface area contributed by atoms with Gasteiger partial charge in [-0.2, -0.15) is 0 Å². The normalized spacial score (nSPS) is 11.4. The Balaban J connectivity index is 1.84. The monoisotopic (exact) mass is 523 g/mol. The molecule has 0 aliphatic heterocycles. The first-order valence-electron chi connectivity index (χ1n) is 12.2. The quantitative estimate of drug-likeness (QED) is 0.313. The molecule has 1 aromatic heterocycles. The number of thiophene rings is 1. The van der Waals surface area contributed by atoms with E-state index in [0.717, 1.165) is 4.88 Å². The van der Waals surface area contributed by atoms with Gasteiger partial charge in [0.05, 0.1) is 20.2 Å². The van der Waals surface area contributed by atoms with Crippen LogP contribution in [0.15, 0.2) is 72.1 Å². The number of hydrogen-bond donors (Lipinski definition) is 2. The Morgan fingerprint density at radius 1 is 0.973 bits per heavy atom. The average molecular weight is 524 g/mol. The van der Waals surface area contributed by atoms with Crippen molar-refractivity contribution in [1.82, 2.24) is 15.5 Å². The SMILES string of the molecule is CCOCCCNC(=O)[C@H](c1ccc(OC)cc1)N(Cc1cccs1)C(=O)CNC(=O)c1ccccc1. The molecule has 0 saturated carbocycles. The summed E-state index contributed by atoms with van der Waals surface area (Å²) in [4.78, 5) is 42.1. The molecule has 3 aromatic rings. The number of nitrogens with one attached hydrogen (secondary N) is 2. The molecule has 196 valence electrons. The van der Waals surface area contributed by atoms with Crippen LogP contribution in [0.4, 0.5) is 0 Å². The fraction of sp³-hybridized carbons (Fsp3) is 0.321. The third kappa shape index (κ3) is 8.44. The van der Waals surface area contributed by atoms with Crippen LogP contribution in [0.25, 0.3) is 0 Å². The van der Waals surface area contributed by atoms with Crippen molar-refractivity contribution >= 4 is 29.1 Å². The molecule has 3 amide bonds. The average Bonchev–Trinajstić information content (AvgIpc) is 3.45. The number of hydrogen-bond acceptors (Lipinski definition) is 6. The van der Waals surface area contributed by atoms with E-state index in [1.165, 1.54) is 16.2 Å². The predicted octanol–water partition coefficient (Wildman–Crippen LogP) is 3.80. The van der Waals surface area contributed by atoms with Gasteiger partial charge in [0.2, 0.25) is 11.8 Å². The summed E-state index contributed by atoms with van der Waals surface area (Å²) in [5.41, 5.74) is 1.10. The van der Waals surface area contributed by atoms with Crippen molar-refractivity contribution in [1.29, 1.82) is 0 Å². The summed E-state index contributed by atoms with van der Waals surface area (Å²) in [5.74, 6) is -0.388. The molecular weight excluding hydrogens is 490 g/mol. The molecule has 0 radical (unpaired) electrons. The fourth-order valence-electron chi connectivity index (χ4n) is 3.73. The second-order valence-electron chi connectivity index (χ2n) is 8.17. The maximum absolute atomic E-state index is 13.6. The van der Waals surface area contributed by atoms with Crippen LogP contribution in [-0.2, 0) is 20.9 Å². The van der Waals surface area contributed by atoms with E-state index in [9.17, 15) is 14.4 Å². The summed E-state index contributed by atoms with van der Waals surface area (Å²) in [7, 11) is 1.57.